The van der Waals surface area contributed by atoms with Crippen LogP contribution in [0, 0.1) is 0 Å². The van der Waals surface area contributed by atoms with Gasteiger partial charge in [0.1, 0.15) is 6.04 Å². The van der Waals surface area contributed by atoms with Gasteiger partial charge in [-0.25, -0.2) is 4.79 Å². The first-order valence-electron chi connectivity index (χ1n) is 8.02. The van der Waals surface area contributed by atoms with Crippen molar-refractivity contribution in [1.82, 2.24) is 21.5 Å². The summed E-state index contributed by atoms with van der Waals surface area (Å²) in [6.07, 6.45) is 0.307. The van der Waals surface area contributed by atoms with Gasteiger partial charge in [0.2, 0.25) is 0 Å². The highest BCUT2D eigenvalue weighted by atomic mass is 32.1. The minimum atomic E-state index is -0.820. The molecular formula is C18H21N5O2S. The molecule has 7 nitrogen and oxygen atoms in total. The summed E-state index contributed by atoms with van der Waals surface area (Å²) in [6, 6.07) is 17.4. The van der Waals surface area contributed by atoms with Gasteiger partial charge in [-0.05, 0) is 23.3 Å². The van der Waals surface area contributed by atoms with Crippen molar-refractivity contribution in [2.75, 3.05) is 0 Å². The van der Waals surface area contributed by atoms with E-state index in [0.717, 1.165) is 11.1 Å². The first kappa shape index (κ1) is 19.2. The number of urea groups is 1. The summed E-state index contributed by atoms with van der Waals surface area (Å²) >= 11 is 5.13. The van der Waals surface area contributed by atoms with Crippen LogP contribution in [0.25, 0.3) is 0 Å². The molecule has 26 heavy (non-hydrogen) atoms. The van der Waals surface area contributed by atoms with Gasteiger partial charge in [-0.1, -0.05) is 60.7 Å². The summed E-state index contributed by atoms with van der Waals surface area (Å²) in [5.74, 6) is -0.448. The zero-order valence-corrected chi connectivity index (χ0v) is 14.9. The van der Waals surface area contributed by atoms with Crippen molar-refractivity contribution in [2.45, 2.75) is 19.0 Å². The topological polar surface area (TPSA) is 108 Å². The first-order chi connectivity index (χ1) is 12.5. The van der Waals surface area contributed by atoms with E-state index < -0.39 is 18.0 Å². The molecule has 8 heteroatoms. The zero-order valence-electron chi connectivity index (χ0n) is 14.1. The molecule has 2 aromatic carbocycles. The Morgan fingerprint density at radius 1 is 0.923 bits per heavy atom. The Labute approximate surface area is 157 Å². The predicted octanol–water partition coefficient (Wildman–Crippen LogP) is 0.962. The van der Waals surface area contributed by atoms with Gasteiger partial charge in [0.25, 0.3) is 5.91 Å². The lowest BCUT2D eigenvalue weighted by atomic mass is 10.1. The standard InChI is InChI=1S/C18H21N5O2S/c19-17(25)21-15(11-13-7-3-1-4-8-13)16(24)22-23-18(26)20-12-14-9-5-2-6-10-14/h1-10,15H,11-12H2,(H,22,24)(H3,19,21,25)(H2,20,23,26). The average Bonchev–Trinajstić information content (AvgIpc) is 2.65. The van der Waals surface area contributed by atoms with Crippen molar-refractivity contribution in [3.05, 3.63) is 71.8 Å². The molecule has 3 amide bonds. The third kappa shape index (κ3) is 6.78. The number of thiocarbonyl (C=S) groups is 1. The highest BCUT2D eigenvalue weighted by molar-refractivity contribution is 7.80. The number of carbonyl (C=O) groups excluding carboxylic acids is 2. The minimum absolute atomic E-state index is 0.264. The summed E-state index contributed by atoms with van der Waals surface area (Å²) in [7, 11) is 0. The van der Waals surface area contributed by atoms with Crippen molar-refractivity contribution < 1.29 is 9.59 Å². The van der Waals surface area contributed by atoms with Gasteiger partial charge in [0, 0.05) is 13.0 Å². The number of rotatable bonds is 6. The maximum Gasteiger partial charge on any atom is 0.312 e. The molecule has 2 aromatic rings. The van der Waals surface area contributed by atoms with Crippen molar-refractivity contribution >= 4 is 29.3 Å². The summed E-state index contributed by atoms with van der Waals surface area (Å²) in [5, 5.41) is 5.67. The third-order valence-corrected chi connectivity index (χ3v) is 3.76. The van der Waals surface area contributed by atoms with Gasteiger partial charge in [-0.2, -0.15) is 0 Å². The van der Waals surface area contributed by atoms with Gasteiger partial charge in [-0.3, -0.25) is 15.6 Å². The van der Waals surface area contributed by atoms with Crippen LogP contribution in [0.2, 0.25) is 0 Å². The normalized spacial score (nSPS) is 11.1. The Morgan fingerprint density at radius 2 is 1.50 bits per heavy atom. The van der Waals surface area contributed by atoms with Crippen molar-refractivity contribution in [3.63, 3.8) is 0 Å². The SMILES string of the molecule is NC(=O)NC(Cc1ccccc1)C(=O)NNC(=S)NCc1ccccc1. The van der Waals surface area contributed by atoms with Gasteiger partial charge in [-0.15, -0.1) is 0 Å². The van der Waals surface area contributed by atoms with Crippen LogP contribution in [-0.4, -0.2) is 23.1 Å². The number of benzene rings is 2. The Bertz CT molecular complexity index is 740. The highest BCUT2D eigenvalue weighted by Crippen LogP contribution is 2.03. The van der Waals surface area contributed by atoms with E-state index in [1.807, 2.05) is 60.7 Å². The largest absolute Gasteiger partial charge is 0.357 e. The predicted molar refractivity (Wildman–Crippen MR) is 104 cm³/mol. The molecule has 0 radical (unpaired) electrons. The molecule has 136 valence electrons. The van der Waals surface area contributed by atoms with E-state index >= 15 is 0 Å². The molecule has 6 N–H and O–H groups in total. The van der Waals surface area contributed by atoms with Gasteiger partial charge >= 0.3 is 6.03 Å². The third-order valence-electron chi connectivity index (χ3n) is 3.51. The highest BCUT2D eigenvalue weighted by Gasteiger charge is 2.20. The van der Waals surface area contributed by atoms with E-state index in [-0.39, 0.29) is 5.11 Å². The second-order valence-electron chi connectivity index (χ2n) is 5.53. The first-order valence-corrected chi connectivity index (χ1v) is 8.43. The van der Waals surface area contributed by atoms with Gasteiger partial charge < -0.3 is 16.4 Å². The molecule has 0 fully saturated rings. The smallest absolute Gasteiger partial charge is 0.312 e. The van der Waals surface area contributed by atoms with Crippen LogP contribution in [0.3, 0.4) is 0 Å². The lowest BCUT2D eigenvalue weighted by molar-refractivity contribution is -0.123. The van der Waals surface area contributed by atoms with E-state index in [9.17, 15) is 9.59 Å². The summed E-state index contributed by atoms with van der Waals surface area (Å²) in [6.45, 7) is 0.523. The fourth-order valence-electron chi connectivity index (χ4n) is 2.26. The second kappa shape index (κ2) is 10.00. The quantitative estimate of drug-likeness (QED) is 0.384. The Balaban J connectivity index is 1.83. The Morgan fingerprint density at radius 3 is 2.08 bits per heavy atom. The van der Waals surface area contributed by atoms with E-state index in [2.05, 4.69) is 21.5 Å². The van der Waals surface area contributed by atoms with E-state index in [1.165, 1.54) is 0 Å². The maximum atomic E-state index is 12.3. The lowest BCUT2D eigenvalue weighted by Gasteiger charge is -2.18. The van der Waals surface area contributed by atoms with Crippen molar-refractivity contribution in [1.29, 1.82) is 0 Å². The molecule has 0 aliphatic rings. The van der Waals surface area contributed by atoms with Crippen LogP contribution in [0.1, 0.15) is 11.1 Å². The van der Waals surface area contributed by atoms with Crippen LogP contribution in [0.5, 0.6) is 0 Å². The zero-order chi connectivity index (χ0) is 18.8. The van der Waals surface area contributed by atoms with E-state index in [1.54, 1.807) is 0 Å². The summed E-state index contributed by atoms with van der Waals surface area (Å²) in [4.78, 5) is 23.5. The lowest BCUT2D eigenvalue weighted by Crippen LogP contribution is -2.55. The minimum Gasteiger partial charge on any atom is -0.357 e. The maximum absolute atomic E-state index is 12.3. The second-order valence-corrected chi connectivity index (χ2v) is 5.94. The number of carbonyl (C=O) groups is 2. The van der Waals surface area contributed by atoms with Crippen LogP contribution in [-0.2, 0) is 17.8 Å². The van der Waals surface area contributed by atoms with Crippen molar-refractivity contribution in [3.8, 4) is 0 Å². The fourth-order valence-corrected chi connectivity index (χ4v) is 2.38. The molecule has 1 atom stereocenters. The summed E-state index contributed by atoms with van der Waals surface area (Å²) in [5.41, 5.74) is 12.2. The molecule has 1 unspecified atom stereocenters. The van der Waals surface area contributed by atoms with E-state index in [4.69, 9.17) is 18.0 Å². The monoisotopic (exact) mass is 371 g/mol. The fraction of sp³-hybridized carbons (Fsp3) is 0.167. The number of hydrogen-bond acceptors (Lipinski definition) is 3. The van der Waals surface area contributed by atoms with E-state index in [0.29, 0.717) is 13.0 Å². The van der Waals surface area contributed by atoms with Crippen LogP contribution < -0.4 is 27.2 Å². The molecule has 0 heterocycles. The summed E-state index contributed by atoms with van der Waals surface area (Å²) < 4.78 is 0. The Hall–Kier alpha value is -3.13. The van der Waals surface area contributed by atoms with Crippen LogP contribution in [0.15, 0.2) is 60.7 Å². The number of hydrogen-bond donors (Lipinski definition) is 5. The number of primary amides is 1. The van der Waals surface area contributed by atoms with Gasteiger partial charge in [0.15, 0.2) is 5.11 Å². The van der Waals surface area contributed by atoms with Crippen LogP contribution in [0.4, 0.5) is 4.79 Å². The number of hydrazine groups is 1. The Kier molecular flexibility index (Phi) is 7.38. The number of nitrogens with one attached hydrogen (secondary N) is 4. The molecular weight excluding hydrogens is 350 g/mol. The molecule has 0 spiro atoms. The number of amides is 3. The molecule has 0 aliphatic heterocycles. The van der Waals surface area contributed by atoms with Crippen molar-refractivity contribution in [2.24, 2.45) is 5.73 Å². The van der Waals surface area contributed by atoms with Crippen LogP contribution >= 0.6 is 12.2 Å². The molecule has 0 saturated carbocycles. The molecule has 0 aliphatic carbocycles. The molecule has 0 saturated heterocycles. The molecule has 0 bridgehead atoms. The molecule has 0 aromatic heterocycles. The van der Waals surface area contributed by atoms with Gasteiger partial charge in [0.05, 0.1) is 0 Å². The molecule has 2 rings (SSSR count). The average molecular weight is 371 g/mol. The number of nitrogens with two attached hydrogens (primary N) is 1.